The van der Waals surface area contributed by atoms with E-state index in [1.165, 1.54) is 18.3 Å². The van der Waals surface area contributed by atoms with E-state index in [1.54, 1.807) is 24.3 Å². The molecule has 2 aromatic rings. The van der Waals surface area contributed by atoms with E-state index in [1.807, 2.05) is 27.7 Å². The molecule has 1 aliphatic heterocycles. The summed E-state index contributed by atoms with van der Waals surface area (Å²) >= 11 is 0. The molecule has 2 heterocycles. The van der Waals surface area contributed by atoms with Crippen molar-refractivity contribution in [2.45, 2.75) is 48.7 Å². The van der Waals surface area contributed by atoms with Gasteiger partial charge in [-0.3, -0.25) is 0 Å². The van der Waals surface area contributed by atoms with Gasteiger partial charge >= 0.3 is 7.12 Å². The Morgan fingerprint density at radius 2 is 1.44 bits per heavy atom. The molecule has 2 N–H and O–H groups in total. The van der Waals surface area contributed by atoms with E-state index in [0.29, 0.717) is 0 Å². The highest BCUT2D eigenvalue weighted by molar-refractivity contribution is 7.91. The van der Waals surface area contributed by atoms with Crippen LogP contribution in [0.4, 0.5) is 5.82 Å². The largest absolute Gasteiger partial charge is 0.494 e. The van der Waals surface area contributed by atoms with Crippen LogP contribution >= 0.6 is 0 Å². The van der Waals surface area contributed by atoms with Gasteiger partial charge in [0.1, 0.15) is 5.82 Å². The predicted molar refractivity (Wildman–Crippen MR) is 96.3 cm³/mol. The van der Waals surface area contributed by atoms with E-state index in [-0.39, 0.29) is 15.6 Å². The Labute approximate surface area is 148 Å². The molecule has 0 bridgehead atoms. The van der Waals surface area contributed by atoms with Crippen LogP contribution in [0.5, 0.6) is 0 Å². The van der Waals surface area contributed by atoms with Gasteiger partial charge in [-0.1, -0.05) is 12.1 Å². The summed E-state index contributed by atoms with van der Waals surface area (Å²) in [5.41, 5.74) is 5.39. The quantitative estimate of drug-likeness (QED) is 0.840. The molecule has 1 aromatic heterocycles. The van der Waals surface area contributed by atoms with E-state index in [0.717, 1.165) is 5.46 Å². The summed E-state index contributed by atoms with van der Waals surface area (Å²) in [7, 11) is -4.17. The van der Waals surface area contributed by atoms with Crippen molar-refractivity contribution in [3.05, 3.63) is 42.6 Å². The maximum Gasteiger partial charge on any atom is 0.494 e. The number of nitrogens with two attached hydrogens (primary N) is 1. The minimum absolute atomic E-state index is 0.102. The second kappa shape index (κ2) is 5.83. The average molecular weight is 360 g/mol. The van der Waals surface area contributed by atoms with Crippen molar-refractivity contribution in [2.75, 3.05) is 5.73 Å². The minimum atomic E-state index is -3.64. The van der Waals surface area contributed by atoms with Crippen molar-refractivity contribution in [1.29, 1.82) is 0 Å². The summed E-state index contributed by atoms with van der Waals surface area (Å²) in [5.74, 6) is 0.273. The fourth-order valence-electron chi connectivity index (χ4n) is 2.47. The van der Waals surface area contributed by atoms with Crippen molar-refractivity contribution >= 4 is 28.2 Å². The first-order valence-corrected chi connectivity index (χ1v) is 9.43. The van der Waals surface area contributed by atoms with Crippen LogP contribution in [0.15, 0.2) is 52.4 Å². The van der Waals surface area contributed by atoms with Crippen LogP contribution in [0.25, 0.3) is 0 Å². The van der Waals surface area contributed by atoms with E-state index in [9.17, 15) is 8.42 Å². The number of sulfone groups is 1. The number of hydrogen-bond acceptors (Lipinski definition) is 6. The number of nitrogens with zero attached hydrogens (tertiary/aromatic N) is 1. The molecular weight excluding hydrogens is 339 g/mol. The van der Waals surface area contributed by atoms with Crippen molar-refractivity contribution in [3.8, 4) is 0 Å². The molecule has 6 nitrogen and oxygen atoms in total. The maximum atomic E-state index is 12.6. The van der Waals surface area contributed by atoms with Crippen LogP contribution in [0.1, 0.15) is 27.7 Å². The van der Waals surface area contributed by atoms with E-state index in [4.69, 9.17) is 15.0 Å². The molecular formula is C17H21BN2O4S. The fourth-order valence-corrected chi connectivity index (χ4v) is 3.68. The summed E-state index contributed by atoms with van der Waals surface area (Å²) in [6, 6.07) is 9.42. The lowest BCUT2D eigenvalue weighted by atomic mass is 9.79. The fraction of sp³-hybridized carbons (Fsp3) is 0.353. The molecule has 0 saturated carbocycles. The first-order valence-electron chi connectivity index (χ1n) is 7.95. The maximum absolute atomic E-state index is 12.6. The second-order valence-corrected chi connectivity index (χ2v) is 9.03. The molecule has 0 radical (unpaired) electrons. The molecule has 1 aromatic carbocycles. The molecule has 0 unspecified atom stereocenters. The number of nitrogen functional groups attached to an aromatic ring is 1. The molecule has 0 aliphatic carbocycles. The monoisotopic (exact) mass is 360 g/mol. The Morgan fingerprint density at radius 1 is 0.920 bits per heavy atom. The highest BCUT2D eigenvalue weighted by Gasteiger charge is 2.51. The third-order valence-corrected chi connectivity index (χ3v) is 6.54. The van der Waals surface area contributed by atoms with Crippen LogP contribution in [-0.2, 0) is 19.1 Å². The van der Waals surface area contributed by atoms with E-state index < -0.39 is 28.2 Å². The van der Waals surface area contributed by atoms with E-state index >= 15 is 0 Å². The van der Waals surface area contributed by atoms with Gasteiger partial charge in [0.05, 0.1) is 21.0 Å². The minimum Gasteiger partial charge on any atom is -0.399 e. The van der Waals surface area contributed by atoms with Gasteiger partial charge in [-0.2, -0.15) is 0 Å². The summed E-state index contributed by atoms with van der Waals surface area (Å²) in [4.78, 5) is 4.12. The first-order chi connectivity index (χ1) is 11.5. The second-order valence-electron chi connectivity index (χ2n) is 7.08. The van der Waals surface area contributed by atoms with Crippen LogP contribution in [0, 0.1) is 0 Å². The van der Waals surface area contributed by atoms with Crippen molar-refractivity contribution < 1.29 is 17.7 Å². The van der Waals surface area contributed by atoms with Crippen LogP contribution in [-0.4, -0.2) is 31.7 Å². The van der Waals surface area contributed by atoms with Gasteiger partial charge in [0.25, 0.3) is 0 Å². The Morgan fingerprint density at radius 3 is 1.92 bits per heavy atom. The molecule has 0 amide bonds. The van der Waals surface area contributed by atoms with Crippen LogP contribution in [0.3, 0.4) is 0 Å². The van der Waals surface area contributed by atoms with Gasteiger partial charge in [-0.25, -0.2) is 13.4 Å². The van der Waals surface area contributed by atoms with Gasteiger partial charge in [-0.05, 0) is 57.4 Å². The normalized spacial score (nSPS) is 19.1. The lowest BCUT2D eigenvalue weighted by Crippen LogP contribution is -2.41. The lowest BCUT2D eigenvalue weighted by Gasteiger charge is -2.32. The summed E-state index contributed by atoms with van der Waals surface area (Å²) < 4.78 is 37.2. The number of rotatable bonds is 3. The smallest absolute Gasteiger partial charge is 0.399 e. The molecule has 25 heavy (non-hydrogen) atoms. The summed E-state index contributed by atoms with van der Waals surface area (Å²) in [5, 5.41) is 0. The Hall–Kier alpha value is -1.90. The van der Waals surface area contributed by atoms with Crippen molar-refractivity contribution in [2.24, 2.45) is 0 Å². The zero-order valence-corrected chi connectivity index (χ0v) is 15.5. The molecule has 1 aliphatic rings. The molecule has 0 spiro atoms. The van der Waals surface area contributed by atoms with Gasteiger partial charge in [0, 0.05) is 6.20 Å². The number of pyridine rings is 1. The molecule has 1 saturated heterocycles. The highest BCUT2D eigenvalue weighted by atomic mass is 32.2. The molecule has 1 fully saturated rings. The van der Waals surface area contributed by atoms with Gasteiger partial charge in [-0.15, -0.1) is 0 Å². The highest BCUT2D eigenvalue weighted by Crippen LogP contribution is 2.36. The first kappa shape index (κ1) is 17.9. The predicted octanol–water partition coefficient (Wildman–Crippen LogP) is 1.80. The van der Waals surface area contributed by atoms with Crippen LogP contribution < -0.4 is 11.2 Å². The van der Waals surface area contributed by atoms with Crippen molar-refractivity contribution in [3.63, 3.8) is 0 Å². The van der Waals surface area contributed by atoms with Gasteiger partial charge in [0.15, 0.2) is 0 Å². The molecule has 0 atom stereocenters. The van der Waals surface area contributed by atoms with E-state index in [2.05, 4.69) is 4.98 Å². The number of benzene rings is 1. The summed E-state index contributed by atoms with van der Waals surface area (Å²) in [6.07, 6.45) is 1.26. The zero-order chi connectivity index (χ0) is 18.5. The molecule has 3 rings (SSSR count). The third-order valence-electron chi connectivity index (χ3n) is 4.79. The van der Waals surface area contributed by atoms with Crippen molar-refractivity contribution in [1.82, 2.24) is 4.98 Å². The standard InChI is InChI=1S/C17H21BN2O4S/c1-16(2)17(3,4)24-18(23-16)12-5-7-13(8-6-12)25(21,22)14-9-10-15(19)20-11-14/h5-11H,1-4H3,(H2,19,20). The summed E-state index contributed by atoms with van der Waals surface area (Å²) in [6.45, 7) is 7.89. The Balaban J connectivity index is 1.87. The number of hydrogen-bond donors (Lipinski definition) is 1. The van der Waals surface area contributed by atoms with Crippen LogP contribution in [0.2, 0.25) is 0 Å². The van der Waals surface area contributed by atoms with Gasteiger partial charge < -0.3 is 15.0 Å². The number of anilines is 1. The molecule has 132 valence electrons. The topological polar surface area (TPSA) is 91.5 Å². The lowest BCUT2D eigenvalue weighted by molar-refractivity contribution is 0.00578. The SMILES string of the molecule is CC1(C)OB(c2ccc(S(=O)(=O)c3ccc(N)nc3)cc2)OC1(C)C. The third kappa shape index (κ3) is 3.17. The Kier molecular flexibility index (Phi) is 4.18. The molecule has 8 heteroatoms. The Bertz CT molecular complexity index is 862. The average Bonchev–Trinajstić information content (AvgIpc) is 2.76. The number of aromatic nitrogens is 1. The van der Waals surface area contributed by atoms with Gasteiger partial charge in [0.2, 0.25) is 9.84 Å². The zero-order valence-electron chi connectivity index (χ0n) is 14.7.